The number of hydrogen-bond acceptors (Lipinski definition) is 4. The van der Waals surface area contributed by atoms with E-state index in [2.05, 4.69) is 10.4 Å². The van der Waals surface area contributed by atoms with Crippen LogP contribution in [0.1, 0.15) is 16.1 Å². The number of nitrogens with zero attached hydrogens (tertiary/aromatic N) is 2. The predicted molar refractivity (Wildman–Crippen MR) is 53.9 cm³/mol. The first-order valence-electron chi connectivity index (χ1n) is 4.93. The van der Waals surface area contributed by atoms with Crippen LogP contribution in [-0.2, 0) is 13.6 Å². The first-order valence-corrected chi connectivity index (χ1v) is 4.93. The Morgan fingerprint density at radius 1 is 1.61 bits per heavy atom. The van der Waals surface area contributed by atoms with Crippen molar-refractivity contribution in [2.24, 2.45) is 7.05 Å². The van der Waals surface area contributed by atoms with Crippen LogP contribution in [0.25, 0.3) is 0 Å². The van der Waals surface area contributed by atoms with Crippen molar-refractivity contribution in [3.63, 3.8) is 0 Å². The number of rotatable bonds is 5. The van der Waals surface area contributed by atoms with Gasteiger partial charge in [-0.05, 0) is 0 Å². The molecule has 0 saturated carbocycles. The number of carboxylic acid groups (broad SMARTS) is 1. The molecule has 102 valence electrons. The number of aliphatic hydroxyl groups is 1. The van der Waals surface area contributed by atoms with Crippen molar-refractivity contribution in [1.29, 1.82) is 0 Å². The number of aryl methyl sites for hydroxylation is 1. The van der Waals surface area contributed by atoms with Crippen LogP contribution in [0.5, 0.6) is 0 Å². The maximum Gasteiger partial charge on any atom is 0.415 e. The molecule has 0 aliphatic heterocycles. The van der Waals surface area contributed by atoms with Crippen LogP contribution in [0.3, 0.4) is 0 Å². The van der Waals surface area contributed by atoms with Gasteiger partial charge in [-0.3, -0.25) is 4.68 Å². The van der Waals surface area contributed by atoms with Crippen molar-refractivity contribution in [1.82, 2.24) is 15.1 Å². The van der Waals surface area contributed by atoms with E-state index in [9.17, 15) is 18.0 Å². The zero-order chi connectivity index (χ0) is 13.9. The molecule has 18 heavy (non-hydrogen) atoms. The molecule has 1 aromatic heterocycles. The Morgan fingerprint density at radius 2 is 2.22 bits per heavy atom. The number of nitrogens with one attached hydrogen (secondary N) is 1. The molecule has 0 saturated heterocycles. The average Bonchev–Trinajstić information content (AvgIpc) is 2.59. The third-order valence-electron chi connectivity index (χ3n) is 2.30. The minimum absolute atomic E-state index is 0.0912. The number of hydrogen-bond donors (Lipinski definition) is 3. The highest BCUT2D eigenvalue weighted by atomic mass is 19.4. The van der Waals surface area contributed by atoms with Gasteiger partial charge in [0.15, 0.2) is 6.10 Å². The van der Waals surface area contributed by atoms with Gasteiger partial charge in [0.1, 0.15) is 5.56 Å². The highest BCUT2D eigenvalue weighted by Crippen LogP contribution is 2.19. The fourth-order valence-electron chi connectivity index (χ4n) is 1.29. The van der Waals surface area contributed by atoms with Gasteiger partial charge in [-0.15, -0.1) is 0 Å². The maximum atomic E-state index is 12.0. The summed E-state index contributed by atoms with van der Waals surface area (Å²) >= 11 is 0. The average molecular weight is 267 g/mol. The summed E-state index contributed by atoms with van der Waals surface area (Å²) < 4.78 is 37.2. The maximum absolute atomic E-state index is 12.0. The minimum Gasteiger partial charge on any atom is -0.478 e. The lowest BCUT2D eigenvalue weighted by Crippen LogP contribution is -2.38. The van der Waals surface area contributed by atoms with Crippen molar-refractivity contribution in [3.8, 4) is 0 Å². The molecule has 1 atom stereocenters. The molecular formula is C9H12F3N3O3. The number of halogens is 3. The summed E-state index contributed by atoms with van der Waals surface area (Å²) in [6.07, 6.45) is -6.08. The molecule has 6 nitrogen and oxygen atoms in total. The van der Waals surface area contributed by atoms with E-state index in [0.29, 0.717) is 0 Å². The summed E-state index contributed by atoms with van der Waals surface area (Å²) in [7, 11) is 1.48. The molecule has 0 radical (unpaired) electrons. The summed E-state index contributed by atoms with van der Waals surface area (Å²) in [6.45, 7) is -0.848. The van der Waals surface area contributed by atoms with Crippen LogP contribution >= 0.6 is 0 Å². The van der Waals surface area contributed by atoms with Gasteiger partial charge in [0.25, 0.3) is 0 Å². The molecule has 3 N–H and O–H groups in total. The molecule has 1 heterocycles. The molecule has 0 bridgehead atoms. The summed E-state index contributed by atoms with van der Waals surface area (Å²) in [5.74, 6) is -1.21. The predicted octanol–water partition coefficient (Wildman–Crippen LogP) is 0.131. The van der Waals surface area contributed by atoms with E-state index in [-0.39, 0.29) is 17.8 Å². The summed E-state index contributed by atoms with van der Waals surface area (Å²) in [5, 5.41) is 23.6. The number of aromatic nitrogens is 2. The van der Waals surface area contributed by atoms with Gasteiger partial charge in [0.05, 0.1) is 11.9 Å². The molecule has 0 aliphatic rings. The largest absolute Gasteiger partial charge is 0.478 e. The Bertz CT molecular complexity index is 430. The third-order valence-corrected chi connectivity index (χ3v) is 2.30. The van der Waals surface area contributed by atoms with Crippen LogP contribution in [-0.4, -0.2) is 44.8 Å². The van der Waals surface area contributed by atoms with Gasteiger partial charge < -0.3 is 15.5 Å². The molecule has 0 spiro atoms. The summed E-state index contributed by atoms with van der Waals surface area (Å²) in [4.78, 5) is 10.8. The number of aromatic carboxylic acids is 1. The number of carboxylic acids is 1. The van der Waals surface area contributed by atoms with E-state index >= 15 is 0 Å². The van der Waals surface area contributed by atoms with Gasteiger partial charge in [0, 0.05) is 20.1 Å². The van der Waals surface area contributed by atoms with Gasteiger partial charge in [-0.25, -0.2) is 4.79 Å². The number of carbonyl (C=O) groups is 1. The van der Waals surface area contributed by atoms with Gasteiger partial charge >= 0.3 is 12.1 Å². The number of alkyl halides is 3. The van der Waals surface area contributed by atoms with Crippen molar-refractivity contribution < 1.29 is 28.2 Å². The molecule has 1 aromatic rings. The highest BCUT2D eigenvalue weighted by Gasteiger charge is 2.37. The molecule has 0 amide bonds. The molecule has 0 aromatic carbocycles. The van der Waals surface area contributed by atoms with Crippen molar-refractivity contribution in [2.45, 2.75) is 18.8 Å². The summed E-state index contributed by atoms with van der Waals surface area (Å²) in [5.41, 5.74) is 0.142. The topological polar surface area (TPSA) is 87.4 Å². The van der Waals surface area contributed by atoms with Crippen LogP contribution < -0.4 is 5.32 Å². The van der Waals surface area contributed by atoms with Crippen molar-refractivity contribution in [3.05, 3.63) is 17.5 Å². The fraction of sp³-hybridized carbons (Fsp3) is 0.556. The number of aliphatic hydroxyl groups excluding tert-OH is 1. The van der Waals surface area contributed by atoms with E-state index in [1.807, 2.05) is 0 Å². The Kier molecular flexibility index (Phi) is 4.30. The first kappa shape index (κ1) is 14.5. The van der Waals surface area contributed by atoms with Crippen LogP contribution in [0.15, 0.2) is 6.20 Å². The minimum atomic E-state index is -4.70. The van der Waals surface area contributed by atoms with Crippen molar-refractivity contribution in [2.75, 3.05) is 6.54 Å². The van der Waals surface area contributed by atoms with Gasteiger partial charge in [0.2, 0.25) is 0 Å². The second kappa shape index (κ2) is 5.36. The monoisotopic (exact) mass is 267 g/mol. The zero-order valence-corrected chi connectivity index (χ0v) is 9.40. The molecule has 9 heteroatoms. The second-order valence-electron chi connectivity index (χ2n) is 3.62. The lowest BCUT2D eigenvalue weighted by Gasteiger charge is -2.15. The van der Waals surface area contributed by atoms with Crippen LogP contribution in [0.4, 0.5) is 13.2 Å². The second-order valence-corrected chi connectivity index (χ2v) is 3.62. The normalized spacial score (nSPS) is 13.6. The standard InChI is InChI=1S/C9H12F3N3O3/c1-15-6(5(2-14-15)8(17)18)3-13-4-7(16)9(10,11)12/h2,7,13,16H,3-4H2,1H3,(H,17,18). The SMILES string of the molecule is Cn1ncc(C(=O)O)c1CNCC(O)C(F)(F)F. The summed E-state index contributed by atoms with van der Waals surface area (Å²) in [6, 6.07) is 0. The zero-order valence-electron chi connectivity index (χ0n) is 9.40. The molecule has 0 aliphatic carbocycles. The quantitative estimate of drug-likeness (QED) is 0.706. The van der Waals surface area contributed by atoms with E-state index < -0.39 is 24.8 Å². The molecular weight excluding hydrogens is 255 g/mol. The van der Waals surface area contributed by atoms with Crippen molar-refractivity contribution >= 4 is 5.97 Å². The smallest absolute Gasteiger partial charge is 0.415 e. The van der Waals surface area contributed by atoms with Crippen LogP contribution in [0, 0.1) is 0 Å². The van der Waals surface area contributed by atoms with Crippen LogP contribution in [0.2, 0.25) is 0 Å². The van der Waals surface area contributed by atoms with Gasteiger partial charge in [-0.1, -0.05) is 0 Å². The Hall–Kier alpha value is -1.61. The fourth-order valence-corrected chi connectivity index (χ4v) is 1.29. The lowest BCUT2D eigenvalue weighted by atomic mass is 10.2. The lowest BCUT2D eigenvalue weighted by molar-refractivity contribution is -0.201. The van der Waals surface area contributed by atoms with E-state index in [1.165, 1.54) is 11.7 Å². The molecule has 0 fully saturated rings. The van der Waals surface area contributed by atoms with Gasteiger partial charge in [-0.2, -0.15) is 18.3 Å². The Balaban J connectivity index is 2.59. The molecule has 1 unspecified atom stereocenters. The third kappa shape index (κ3) is 3.44. The van der Waals surface area contributed by atoms with E-state index in [1.54, 1.807) is 0 Å². The first-order chi connectivity index (χ1) is 8.23. The highest BCUT2D eigenvalue weighted by molar-refractivity contribution is 5.88. The van der Waals surface area contributed by atoms with E-state index in [0.717, 1.165) is 6.20 Å². The molecule has 1 rings (SSSR count). The Morgan fingerprint density at radius 3 is 2.72 bits per heavy atom. The van der Waals surface area contributed by atoms with E-state index in [4.69, 9.17) is 10.2 Å². The Labute approximate surface area is 100 Å².